The molecule has 1 amide bonds. The maximum Gasteiger partial charge on any atom is 0.260 e. The van der Waals surface area contributed by atoms with Gasteiger partial charge in [-0.05, 0) is 12.1 Å². The number of primary amides is 1. The highest BCUT2D eigenvalue weighted by molar-refractivity contribution is 8.01. The molecule has 1 aliphatic heterocycles. The number of nitrogens with two attached hydrogens (primary N) is 1. The van der Waals surface area contributed by atoms with E-state index in [1.807, 2.05) is 24.3 Å². The molecule has 0 spiro atoms. The number of para-hydroxylation sites is 1. The first-order valence-corrected chi connectivity index (χ1v) is 5.86. The summed E-state index contributed by atoms with van der Waals surface area (Å²) in [7, 11) is 1.52. The topological polar surface area (TPSA) is 64.3 Å². The van der Waals surface area contributed by atoms with Crippen molar-refractivity contribution in [2.75, 3.05) is 19.0 Å². The van der Waals surface area contributed by atoms with Crippen molar-refractivity contribution in [3.8, 4) is 0 Å². The Balaban J connectivity index is 2.38. The number of amides is 1. The fourth-order valence-corrected chi connectivity index (χ4v) is 2.85. The van der Waals surface area contributed by atoms with Gasteiger partial charge in [-0.1, -0.05) is 23.9 Å². The van der Waals surface area contributed by atoms with Crippen molar-refractivity contribution in [2.45, 2.75) is 16.2 Å². The lowest BCUT2D eigenvalue weighted by molar-refractivity contribution is -0.130. The Hall–Kier alpha value is -1.20. The van der Waals surface area contributed by atoms with E-state index in [4.69, 9.17) is 10.5 Å². The maximum absolute atomic E-state index is 11.5. The van der Waals surface area contributed by atoms with Gasteiger partial charge in [0.05, 0.1) is 0 Å². The zero-order chi connectivity index (χ0) is 11.6. The van der Waals surface area contributed by atoms with Crippen LogP contribution in [0.3, 0.4) is 0 Å². The van der Waals surface area contributed by atoms with Crippen LogP contribution in [0, 0.1) is 0 Å². The third kappa shape index (κ3) is 1.88. The molecule has 2 rings (SSSR count). The number of benzene rings is 1. The molecule has 0 aromatic heterocycles. The summed E-state index contributed by atoms with van der Waals surface area (Å²) in [6.45, 7) is 0.667. The SMILES string of the molecule is COC1(C(N)=O)CCNc2ccccc2S1. The van der Waals surface area contributed by atoms with Crippen LogP contribution in [0.1, 0.15) is 6.42 Å². The first-order valence-electron chi connectivity index (χ1n) is 5.05. The molecule has 3 N–H and O–H groups in total. The van der Waals surface area contributed by atoms with Crippen LogP contribution >= 0.6 is 11.8 Å². The number of ether oxygens (including phenoxy) is 1. The average Bonchev–Trinajstić information content (AvgIpc) is 2.48. The Morgan fingerprint density at radius 1 is 1.56 bits per heavy atom. The summed E-state index contributed by atoms with van der Waals surface area (Å²) in [5.74, 6) is -0.432. The van der Waals surface area contributed by atoms with Gasteiger partial charge >= 0.3 is 0 Å². The normalized spacial score (nSPS) is 24.1. The van der Waals surface area contributed by atoms with Gasteiger partial charge in [0.1, 0.15) is 0 Å². The minimum Gasteiger partial charge on any atom is -0.384 e. The molecule has 0 saturated heterocycles. The summed E-state index contributed by atoms with van der Waals surface area (Å²) in [6.07, 6.45) is 0.554. The number of rotatable bonds is 2. The Morgan fingerprint density at radius 3 is 3.00 bits per heavy atom. The molecule has 4 nitrogen and oxygen atoms in total. The quantitative estimate of drug-likeness (QED) is 0.818. The third-order valence-corrected chi connectivity index (χ3v) is 4.11. The molecule has 1 atom stereocenters. The molecular weight excluding hydrogens is 224 g/mol. The van der Waals surface area contributed by atoms with Crippen LogP contribution in [0.15, 0.2) is 29.2 Å². The predicted molar refractivity (Wildman–Crippen MR) is 64.3 cm³/mol. The molecule has 0 aliphatic carbocycles. The fraction of sp³-hybridized carbons (Fsp3) is 0.364. The van der Waals surface area contributed by atoms with Crippen molar-refractivity contribution in [1.82, 2.24) is 0 Å². The molecule has 5 heteroatoms. The fourth-order valence-electron chi connectivity index (χ4n) is 1.71. The van der Waals surface area contributed by atoms with Gasteiger partial charge in [0, 0.05) is 30.7 Å². The first kappa shape index (κ1) is 11.3. The largest absolute Gasteiger partial charge is 0.384 e. The standard InChI is InChI=1S/C11H14N2O2S/c1-15-11(10(12)14)6-7-13-8-4-2-3-5-9(8)16-11/h2-5,13H,6-7H2,1H3,(H2,12,14). The molecule has 0 bridgehead atoms. The van der Waals surface area contributed by atoms with Gasteiger partial charge in [0.25, 0.3) is 5.91 Å². The molecule has 16 heavy (non-hydrogen) atoms. The van der Waals surface area contributed by atoms with Crippen LogP contribution < -0.4 is 11.1 Å². The highest BCUT2D eigenvalue weighted by atomic mass is 32.2. The summed E-state index contributed by atoms with van der Waals surface area (Å²) >= 11 is 1.37. The highest BCUT2D eigenvalue weighted by Crippen LogP contribution is 2.42. The lowest BCUT2D eigenvalue weighted by atomic mass is 10.2. The van der Waals surface area contributed by atoms with Crippen LogP contribution in [-0.4, -0.2) is 24.5 Å². The van der Waals surface area contributed by atoms with Gasteiger partial charge in [0.2, 0.25) is 0 Å². The van der Waals surface area contributed by atoms with E-state index in [-0.39, 0.29) is 0 Å². The number of hydrogen-bond acceptors (Lipinski definition) is 4. The van der Waals surface area contributed by atoms with Gasteiger partial charge in [-0.15, -0.1) is 0 Å². The van der Waals surface area contributed by atoms with E-state index in [1.165, 1.54) is 18.9 Å². The second kappa shape index (κ2) is 4.35. The zero-order valence-electron chi connectivity index (χ0n) is 9.03. The molecule has 86 valence electrons. The Bertz CT molecular complexity index is 411. The number of carbonyl (C=O) groups excluding carboxylic acids is 1. The van der Waals surface area contributed by atoms with Crippen molar-refractivity contribution in [3.05, 3.63) is 24.3 Å². The maximum atomic E-state index is 11.5. The van der Waals surface area contributed by atoms with Gasteiger partial charge in [-0.2, -0.15) is 0 Å². The van der Waals surface area contributed by atoms with E-state index >= 15 is 0 Å². The monoisotopic (exact) mass is 238 g/mol. The number of fused-ring (bicyclic) bond motifs is 1. The van der Waals surface area contributed by atoms with E-state index in [0.717, 1.165) is 10.6 Å². The molecule has 1 heterocycles. The number of hydrogen-bond donors (Lipinski definition) is 2. The molecule has 0 saturated carbocycles. The van der Waals surface area contributed by atoms with Crippen LogP contribution in [0.4, 0.5) is 5.69 Å². The minimum atomic E-state index is -0.959. The van der Waals surface area contributed by atoms with Crippen LogP contribution in [0.2, 0.25) is 0 Å². The lowest BCUT2D eigenvalue weighted by Gasteiger charge is -2.26. The van der Waals surface area contributed by atoms with E-state index in [9.17, 15) is 4.79 Å². The Kier molecular flexibility index (Phi) is 3.07. The van der Waals surface area contributed by atoms with Crippen molar-refractivity contribution in [1.29, 1.82) is 0 Å². The highest BCUT2D eigenvalue weighted by Gasteiger charge is 2.39. The van der Waals surface area contributed by atoms with Crippen LogP contribution in [0.5, 0.6) is 0 Å². The summed E-state index contributed by atoms with van der Waals surface area (Å²) in [5.41, 5.74) is 6.45. The third-order valence-electron chi connectivity index (χ3n) is 2.64. The van der Waals surface area contributed by atoms with Crippen molar-refractivity contribution < 1.29 is 9.53 Å². The molecule has 1 aromatic rings. The summed E-state index contributed by atoms with van der Waals surface area (Å²) in [5, 5.41) is 3.26. The molecule has 1 aliphatic rings. The smallest absolute Gasteiger partial charge is 0.260 e. The summed E-state index contributed by atoms with van der Waals surface area (Å²) in [6, 6.07) is 7.82. The Morgan fingerprint density at radius 2 is 2.31 bits per heavy atom. The van der Waals surface area contributed by atoms with Gasteiger partial charge in [-0.3, -0.25) is 4.79 Å². The number of anilines is 1. The predicted octanol–water partition coefficient (Wildman–Crippen LogP) is 1.42. The van der Waals surface area contributed by atoms with E-state index in [2.05, 4.69) is 5.32 Å². The number of carbonyl (C=O) groups is 1. The molecular formula is C11H14N2O2S. The number of thioether (sulfide) groups is 1. The number of methoxy groups -OCH3 is 1. The van der Waals surface area contributed by atoms with Crippen molar-refractivity contribution >= 4 is 23.4 Å². The van der Waals surface area contributed by atoms with E-state index < -0.39 is 10.8 Å². The number of nitrogens with one attached hydrogen (secondary N) is 1. The van der Waals surface area contributed by atoms with E-state index in [0.29, 0.717) is 13.0 Å². The summed E-state index contributed by atoms with van der Waals surface area (Å²) < 4.78 is 5.33. The lowest BCUT2D eigenvalue weighted by Crippen LogP contribution is -2.43. The van der Waals surface area contributed by atoms with Crippen molar-refractivity contribution in [3.63, 3.8) is 0 Å². The molecule has 0 radical (unpaired) electrons. The molecule has 1 unspecified atom stereocenters. The van der Waals surface area contributed by atoms with Gasteiger partial charge in [-0.25, -0.2) is 0 Å². The Labute approximate surface area is 98.5 Å². The second-order valence-corrected chi connectivity index (χ2v) is 4.90. The van der Waals surface area contributed by atoms with Gasteiger partial charge < -0.3 is 15.8 Å². The second-order valence-electron chi connectivity index (χ2n) is 3.60. The molecule has 0 fully saturated rings. The minimum absolute atomic E-state index is 0.432. The van der Waals surface area contributed by atoms with Crippen LogP contribution in [0.25, 0.3) is 0 Å². The van der Waals surface area contributed by atoms with Crippen LogP contribution in [-0.2, 0) is 9.53 Å². The summed E-state index contributed by atoms with van der Waals surface area (Å²) in [4.78, 5) is 11.5. The zero-order valence-corrected chi connectivity index (χ0v) is 9.84. The molecule has 1 aromatic carbocycles. The first-order chi connectivity index (χ1) is 7.68. The average molecular weight is 238 g/mol. The van der Waals surface area contributed by atoms with Crippen molar-refractivity contribution in [2.24, 2.45) is 5.73 Å². The van der Waals surface area contributed by atoms with Gasteiger partial charge in [0.15, 0.2) is 4.93 Å². The van der Waals surface area contributed by atoms with E-state index in [1.54, 1.807) is 0 Å².